The summed E-state index contributed by atoms with van der Waals surface area (Å²) in [6.07, 6.45) is 2.96. The van der Waals surface area contributed by atoms with E-state index in [9.17, 15) is 0 Å². The van der Waals surface area contributed by atoms with Gasteiger partial charge in [0.15, 0.2) is 0 Å². The molecule has 3 aliphatic rings. The summed E-state index contributed by atoms with van der Waals surface area (Å²) in [7, 11) is 0. The molecule has 0 amide bonds. The average Bonchev–Trinajstić information content (AvgIpc) is 2.89. The number of fused-ring (bicyclic) bond motifs is 2. The molecule has 3 rings (SSSR count). The highest BCUT2D eigenvalue weighted by molar-refractivity contribution is 6.11. The summed E-state index contributed by atoms with van der Waals surface area (Å²) in [5.74, 6) is 0. The van der Waals surface area contributed by atoms with Gasteiger partial charge in [-0.2, -0.15) is 0 Å². The minimum Gasteiger partial charge on any atom is -0.267 e. The van der Waals surface area contributed by atoms with Crippen molar-refractivity contribution in [3.8, 4) is 0 Å². The van der Waals surface area contributed by atoms with Gasteiger partial charge < -0.3 is 0 Å². The first-order valence-corrected chi connectivity index (χ1v) is 6.46. The zero-order valence-corrected chi connectivity index (χ0v) is 11.5. The van der Waals surface area contributed by atoms with E-state index in [1.165, 1.54) is 5.57 Å². The van der Waals surface area contributed by atoms with E-state index in [4.69, 9.17) is 4.99 Å². The largest absolute Gasteiger partial charge is 0.267 e. The molecule has 18 heavy (non-hydrogen) atoms. The van der Waals surface area contributed by atoms with Gasteiger partial charge in [0.05, 0.1) is 11.8 Å². The number of nitrogens with zero attached hydrogens (tertiary/aromatic N) is 4. The molecule has 0 radical (unpaired) electrons. The van der Waals surface area contributed by atoms with Gasteiger partial charge in [-0.05, 0) is 34.6 Å². The molecule has 1 aliphatic carbocycles. The summed E-state index contributed by atoms with van der Waals surface area (Å²) in [6.45, 7) is 10.8. The second-order valence-electron chi connectivity index (χ2n) is 5.42. The molecule has 2 unspecified atom stereocenters. The lowest BCUT2D eigenvalue weighted by atomic mass is 9.88. The third-order valence-electron chi connectivity index (χ3n) is 3.98. The Kier molecular flexibility index (Phi) is 2.40. The van der Waals surface area contributed by atoms with Gasteiger partial charge in [0.1, 0.15) is 17.6 Å². The third kappa shape index (κ3) is 1.33. The van der Waals surface area contributed by atoms with Gasteiger partial charge in [0, 0.05) is 23.5 Å². The molecule has 0 fully saturated rings. The van der Waals surface area contributed by atoms with Crippen molar-refractivity contribution in [2.45, 2.75) is 52.9 Å². The van der Waals surface area contributed by atoms with E-state index in [1.54, 1.807) is 0 Å². The van der Waals surface area contributed by atoms with Crippen molar-refractivity contribution >= 4 is 12.1 Å². The monoisotopic (exact) mass is 242 g/mol. The van der Waals surface area contributed by atoms with Crippen LogP contribution in [0.3, 0.4) is 0 Å². The Hall–Kier alpha value is -1.51. The van der Waals surface area contributed by atoms with E-state index in [2.05, 4.69) is 56.2 Å². The Morgan fingerprint density at radius 2 is 2.06 bits per heavy atom. The Morgan fingerprint density at radius 1 is 1.33 bits per heavy atom. The lowest BCUT2D eigenvalue weighted by molar-refractivity contribution is 0.178. The van der Waals surface area contributed by atoms with E-state index in [1.807, 2.05) is 0 Å². The highest BCUT2D eigenvalue weighted by Gasteiger charge is 2.44. The number of hydrogen-bond donors (Lipinski definition) is 0. The second-order valence-corrected chi connectivity index (χ2v) is 5.42. The molecule has 2 aliphatic heterocycles. The summed E-state index contributed by atoms with van der Waals surface area (Å²) in [6, 6.07) is 0.722. The van der Waals surface area contributed by atoms with Crippen molar-refractivity contribution < 1.29 is 0 Å². The predicted octanol–water partition coefficient (Wildman–Crippen LogP) is 2.72. The van der Waals surface area contributed by atoms with Crippen LogP contribution >= 0.6 is 0 Å². The summed E-state index contributed by atoms with van der Waals surface area (Å²) < 4.78 is 0. The number of hydrogen-bond acceptors (Lipinski definition) is 3. The molecule has 4 nitrogen and oxygen atoms in total. The first-order chi connectivity index (χ1) is 8.52. The predicted molar refractivity (Wildman–Crippen MR) is 73.9 cm³/mol. The summed E-state index contributed by atoms with van der Waals surface area (Å²) in [5, 5.41) is 4.29. The van der Waals surface area contributed by atoms with Gasteiger partial charge in [-0.25, -0.2) is 0 Å². The maximum Gasteiger partial charge on any atom is 0.129 e. The van der Waals surface area contributed by atoms with Crippen molar-refractivity contribution in [2.75, 3.05) is 0 Å². The molecule has 0 aromatic rings. The lowest BCUT2D eigenvalue weighted by Gasteiger charge is -2.33. The lowest BCUT2D eigenvalue weighted by Crippen LogP contribution is -2.45. The van der Waals surface area contributed by atoms with Crippen LogP contribution in [0, 0.1) is 0 Å². The van der Waals surface area contributed by atoms with E-state index < -0.39 is 0 Å². The van der Waals surface area contributed by atoms with Crippen molar-refractivity contribution in [1.82, 2.24) is 4.90 Å². The molecule has 2 atom stereocenters. The van der Waals surface area contributed by atoms with E-state index in [0.29, 0.717) is 6.04 Å². The van der Waals surface area contributed by atoms with Crippen LogP contribution in [0.15, 0.2) is 32.5 Å². The zero-order valence-electron chi connectivity index (χ0n) is 11.5. The highest BCUT2D eigenvalue weighted by atomic mass is 15.3. The van der Waals surface area contributed by atoms with Crippen molar-refractivity contribution in [1.29, 1.82) is 0 Å². The van der Waals surface area contributed by atoms with Crippen LogP contribution in [0.2, 0.25) is 0 Å². The fraction of sp³-hybridized carbons (Fsp3) is 0.571. The molecule has 0 spiro atoms. The molecule has 0 aromatic heterocycles. The number of rotatable bonds is 1. The van der Waals surface area contributed by atoms with Crippen LogP contribution in [0.4, 0.5) is 0 Å². The molecule has 0 N–H and O–H groups in total. The molecule has 0 saturated heterocycles. The third-order valence-corrected chi connectivity index (χ3v) is 3.98. The fourth-order valence-electron chi connectivity index (χ4n) is 3.17. The topological polar surface area (TPSA) is 42.1 Å². The van der Waals surface area contributed by atoms with Crippen LogP contribution in [0.25, 0.3) is 5.32 Å². The van der Waals surface area contributed by atoms with Gasteiger partial charge in [-0.3, -0.25) is 20.2 Å². The molecular formula is C14H18N4. The quantitative estimate of drug-likeness (QED) is 0.652. The zero-order chi connectivity index (χ0) is 13.0. The van der Waals surface area contributed by atoms with Gasteiger partial charge in [-0.1, -0.05) is 0 Å². The molecule has 0 bridgehead atoms. The molecule has 94 valence electrons. The summed E-state index contributed by atoms with van der Waals surface area (Å²) >= 11 is 0. The smallest absolute Gasteiger partial charge is 0.129 e. The van der Waals surface area contributed by atoms with Crippen molar-refractivity contribution in [3.63, 3.8) is 0 Å². The SMILES string of the molecule is CC1=C2N=[C+][N-]C2=C(C)C2C1=NC(C)N2C(C)C. The van der Waals surface area contributed by atoms with Crippen LogP contribution in [-0.2, 0) is 0 Å². The normalized spacial score (nSPS) is 30.4. The minimum absolute atomic E-state index is 0.225. The van der Waals surface area contributed by atoms with E-state index in [0.717, 1.165) is 22.7 Å². The molecule has 0 aromatic carbocycles. The van der Waals surface area contributed by atoms with Gasteiger partial charge in [0.2, 0.25) is 0 Å². The van der Waals surface area contributed by atoms with E-state index >= 15 is 0 Å². The molecule has 0 saturated carbocycles. The molecular weight excluding hydrogens is 224 g/mol. The second kappa shape index (κ2) is 3.74. The summed E-state index contributed by atoms with van der Waals surface area (Å²) in [5.41, 5.74) is 5.53. The summed E-state index contributed by atoms with van der Waals surface area (Å²) in [4.78, 5) is 11.5. The first kappa shape index (κ1) is 11.6. The Balaban J connectivity index is 2.14. The van der Waals surface area contributed by atoms with Crippen LogP contribution in [-0.4, -0.2) is 35.2 Å². The van der Waals surface area contributed by atoms with E-state index in [-0.39, 0.29) is 12.2 Å². The molecule has 4 heteroatoms. The standard InChI is InChI=1S/C14H18N4/c1-7(2)18-10(5)17-13-8(3)11-12(16-6-15-11)9(4)14(13)18/h7,10,14H,1-5H3. The maximum absolute atomic E-state index is 4.83. The van der Waals surface area contributed by atoms with Crippen LogP contribution in [0.1, 0.15) is 34.6 Å². The number of aliphatic imine (C=N–C) groups is 2. The molecule has 2 heterocycles. The fourth-order valence-corrected chi connectivity index (χ4v) is 3.17. The average molecular weight is 242 g/mol. The Morgan fingerprint density at radius 3 is 2.72 bits per heavy atom. The Bertz CT molecular complexity index is 522. The van der Waals surface area contributed by atoms with Crippen molar-refractivity contribution in [3.05, 3.63) is 27.9 Å². The van der Waals surface area contributed by atoms with Gasteiger partial charge >= 0.3 is 0 Å². The van der Waals surface area contributed by atoms with Gasteiger partial charge in [-0.15, -0.1) is 0 Å². The van der Waals surface area contributed by atoms with Crippen LogP contribution in [0.5, 0.6) is 0 Å². The van der Waals surface area contributed by atoms with Crippen LogP contribution < -0.4 is 0 Å². The Labute approximate surface area is 108 Å². The maximum atomic E-state index is 4.83. The van der Waals surface area contributed by atoms with Crippen molar-refractivity contribution in [2.24, 2.45) is 9.98 Å². The first-order valence-electron chi connectivity index (χ1n) is 6.46. The minimum atomic E-state index is 0.225. The van der Waals surface area contributed by atoms with Gasteiger partial charge in [0.25, 0.3) is 0 Å². The highest BCUT2D eigenvalue weighted by Crippen LogP contribution is 2.41.